The van der Waals surface area contributed by atoms with Crippen LogP contribution in [0.25, 0.3) is 0 Å². The summed E-state index contributed by atoms with van der Waals surface area (Å²) in [6.07, 6.45) is 5.95. The van der Waals surface area contributed by atoms with E-state index in [1.807, 2.05) is 28.0 Å². The summed E-state index contributed by atoms with van der Waals surface area (Å²) in [5, 5.41) is 0. The molecule has 2 aliphatic rings. The first-order chi connectivity index (χ1) is 10.7. The quantitative estimate of drug-likeness (QED) is 0.790. The highest BCUT2D eigenvalue weighted by molar-refractivity contribution is 5.81. The molecule has 116 valence electrons. The van der Waals surface area contributed by atoms with Gasteiger partial charge in [-0.2, -0.15) is 0 Å². The summed E-state index contributed by atoms with van der Waals surface area (Å²) < 4.78 is 0. The van der Waals surface area contributed by atoms with Gasteiger partial charge in [0, 0.05) is 31.4 Å². The molecule has 2 saturated heterocycles. The number of amides is 2. The number of carbonyl (C=O) groups excluding carboxylic acids is 2. The molecule has 1 aromatic rings. The second-order valence-corrected chi connectivity index (χ2v) is 5.88. The van der Waals surface area contributed by atoms with Crippen LogP contribution in [0.3, 0.4) is 0 Å². The van der Waals surface area contributed by atoms with Crippen molar-refractivity contribution in [2.45, 2.75) is 37.8 Å². The number of likely N-dealkylation sites (tertiary alicyclic amines) is 2. The van der Waals surface area contributed by atoms with E-state index < -0.39 is 0 Å². The summed E-state index contributed by atoms with van der Waals surface area (Å²) in [6, 6.07) is 5.91. The molecule has 0 bridgehead atoms. The molecule has 0 aromatic carbocycles. The zero-order valence-corrected chi connectivity index (χ0v) is 12.6. The Morgan fingerprint density at radius 3 is 2.95 bits per heavy atom. The molecule has 5 nitrogen and oxygen atoms in total. The lowest BCUT2D eigenvalue weighted by Crippen LogP contribution is -2.53. The zero-order valence-electron chi connectivity index (χ0n) is 12.6. The minimum Gasteiger partial charge on any atom is -0.337 e. The maximum atomic E-state index is 12.6. The molecule has 0 N–H and O–H groups in total. The number of hydrogen-bond acceptors (Lipinski definition) is 3. The highest BCUT2D eigenvalue weighted by atomic mass is 16.2. The molecule has 2 atom stereocenters. The molecule has 3 heterocycles. The number of fused-ring (bicyclic) bond motifs is 1. The van der Waals surface area contributed by atoms with E-state index in [1.165, 1.54) is 0 Å². The Labute approximate surface area is 130 Å². The van der Waals surface area contributed by atoms with Gasteiger partial charge in [0.15, 0.2) is 0 Å². The lowest BCUT2D eigenvalue weighted by molar-refractivity contribution is -0.141. The van der Waals surface area contributed by atoms with Crippen molar-refractivity contribution in [2.75, 3.05) is 13.1 Å². The Hall–Kier alpha value is -2.17. The highest BCUT2D eigenvalue weighted by Crippen LogP contribution is 2.31. The number of rotatable bonds is 4. The van der Waals surface area contributed by atoms with E-state index in [-0.39, 0.29) is 23.9 Å². The van der Waals surface area contributed by atoms with Crippen LogP contribution in [0.5, 0.6) is 0 Å². The molecular formula is C17H21N3O2. The van der Waals surface area contributed by atoms with E-state index in [0.29, 0.717) is 19.4 Å². The smallest absolute Gasteiger partial charge is 0.228 e. The summed E-state index contributed by atoms with van der Waals surface area (Å²) in [4.78, 5) is 32.7. The van der Waals surface area contributed by atoms with Gasteiger partial charge in [-0.3, -0.25) is 14.6 Å². The molecule has 0 spiro atoms. The number of pyridine rings is 1. The van der Waals surface area contributed by atoms with Gasteiger partial charge in [0.25, 0.3) is 0 Å². The number of hydrogen-bond donors (Lipinski definition) is 0. The first kappa shape index (κ1) is 14.8. The third-order valence-corrected chi connectivity index (χ3v) is 4.59. The van der Waals surface area contributed by atoms with Crippen LogP contribution in [-0.2, 0) is 16.0 Å². The monoisotopic (exact) mass is 299 g/mol. The third-order valence-electron chi connectivity index (χ3n) is 4.59. The largest absolute Gasteiger partial charge is 0.337 e. The summed E-state index contributed by atoms with van der Waals surface area (Å²) >= 11 is 0. The fourth-order valence-corrected chi connectivity index (χ4v) is 3.59. The van der Waals surface area contributed by atoms with Crippen molar-refractivity contribution >= 4 is 11.8 Å². The zero-order chi connectivity index (χ0) is 15.5. The van der Waals surface area contributed by atoms with E-state index in [0.717, 1.165) is 25.1 Å². The summed E-state index contributed by atoms with van der Waals surface area (Å²) in [5.41, 5.74) is 0.797. The molecule has 2 aliphatic heterocycles. The van der Waals surface area contributed by atoms with Crippen molar-refractivity contribution in [1.29, 1.82) is 0 Å². The van der Waals surface area contributed by atoms with Crippen molar-refractivity contribution in [2.24, 2.45) is 0 Å². The predicted octanol–water partition coefficient (Wildman–Crippen LogP) is 1.40. The van der Waals surface area contributed by atoms with Crippen LogP contribution in [0.15, 0.2) is 37.1 Å². The number of nitrogens with zero attached hydrogens (tertiary/aromatic N) is 3. The van der Waals surface area contributed by atoms with Crippen LogP contribution >= 0.6 is 0 Å². The Morgan fingerprint density at radius 1 is 1.36 bits per heavy atom. The van der Waals surface area contributed by atoms with Gasteiger partial charge in [-0.1, -0.05) is 12.1 Å². The summed E-state index contributed by atoms with van der Waals surface area (Å²) in [6.45, 7) is 5.03. The minimum absolute atomic E-state index is 0.110. The average Bonchev–Trinajstić information content (AvgIpc) is 2.95. The number of aromatic nitrogens is 1. The minimum atomic E-state index is 0.110. The van der Waals surface area contributed by atoms with E-state index in [1.54, 1.807) is 12.3 Å². The van der Waals surface area contributed by atoms with Gasteiger partial charge in [0.2, 0.25) is 11.8 Å². The van der Waals surface area contributed by atoms with Crippen LogP contribution in [0, 0.1) is 0 Å². The van der Waals surface area contributed by atoms with Crippen LogP contribution in [0.2, 0.25) is 0 Å². The Morgan fingerprint density at radius 2 is 2.23 bits per heavy atom. The first-order valence-electron chi connectivity index (χ1n) is 7.80. The highest BCUT2D eigenvalue weighted by Gasteiger charge is 2.44. The fourth-order valence-electron chi connectivity index (χ4n) is 3.59. The summed E-state index contributed by atoms with van der Waals surface area (Å²) in [5.74, 6) is 0.291. The van der Waals surface area contributed by atoms with Crippen LogP contribution in [0.4, 0.5) is 0 Å². The van der Waals surface area contributed by atoms with Gasteiger partial charge in [0.05, 0.1) is 18.5 Å². The van der Waals surface area contributed by atoms with Crippen molar-refractivity contribution in [3.8, 4) is 0 Å². The molecule has 2 amide bonds. The van der Waals surface area contributed by atoms with Gasteiger partial charge in [-0.05, 0) is 25.0 Å². The normalized spacial score (nSPS) is 24.3. The average molecular weight is 299 g/mol. The van der Waals surface area contributed by atoms with Crippen LogP contribution in [-0.4, -0.2) is 51.8 Å². The van der Waals surface area contributed by atoms with E-state index >= 15 is 0 Å². The maximum absolute atomic E-state index is 12.6. The van der Waals surface area contributed by atoms with Crippen molar-refractivity contribution in [3.05, 3.63) is 42.7 Å². The van der Waals surface area contributed by atoms with Crippen LogP contribution in [0.1, 0.15) is 25.0 Å². The molecule has 22 heavy (non-hydrogen) atoms. The Balaban J connectivity index is 1.70. The van der Waals surface area contributed by atoms with E-state index in [2.05, 4.69) is 11.6 Å². The lowest BCUT2D eigenvalue weighted by Gasteiger charge is -2.39. The fraction of sp³-hybridized carbons (Fsp3) is 0.471. The molecule has 2 fully saturated rings. The van der Waals surface area contributed by atoms with E-state index in [9.17, 15) is 9.59 Å². The summed E-state index contributed by atoms with van der Waals surface area (Å²) in [7, 11) is 0. The van der Waals surface area contributed by atoms with Gasteiger partial charge < -0.3 is 9.80 Å². The number of piperidine rings is 1. The van der Waals surface area contributed by atoms with Gasteiger partial charge in [-0.25, -0.2) is 0 Å². The molecular weight excluding hydrogens is 278 g/mol. The third kappa shape index (κ3) is 2.75. The number of carbonyl (C=O) groups is 2. The topological polar surface area (TPSA) is 53.5 Å². The molecule has 1 aromatic heterocycles. The SMILES string of the molecule is C=CCN1C(=O)CC[C@@H]2[C@H]1CCN2C(=O)Cc1ccccn1. The van der Waals surface area contributed by atoms with Gasteiger partial charge >= 0.3 is 0 Å². The lowest BCUT2D eigenvalue weighted by atomic mass is 9.96. The second kappa shape index (κ2) is 6.30. The predicted molar refractivity (Wildman–Crippen MR) is 83.0 cm³/mol. The van der Waals surface area contributed by atoms with Crippen LogP contribution < -0.4 is 0 Å². The Kier molecular flexibility index (Phi) is 4.22. The molecule has 3 rings (SSSR count). The molecule has 5 heteroatoms. The van der Waals surface area contributed by atoms with Gasteiger partial charge in [-0.15, -0.1) is 6.58 Å². The molecule has 0 radical (unpaired) electrons. The van der Waals surface area contributed by atoms with Crippen molar-refractivity contribution in [1.82, 2.24) is 14.8 Å². The molecule has 0 aliphatic carbocycles. The standard InChI is InChI=1S/C17H21N3O2/c1-2-10-19-15-8-11-20(14(15)6-7-16(19)21)17(22)12-13-5-3-4-9-18-13/h2-5,9,14-15H,1,6-8,10-12H2/t14-,15-/m1/s1. The van der Waals surface area contributed by atoms with Crippen molar-refractivity contribution < 1.29 is 9.59 Å². The Bertz CT molecular complexity index is 573. The second-order valence-electron chi connectivity index (χ2n) is 5.88. The molecule has 0 unspecified atom stereocenters. The van der Waals surface area contributed by atoms with Crippen molar-refractivity contribution in [3.63, 3.8) is 0 Å². The molecule has 0 saturated carbocycles. The van der Waals surface area contributed by atoms with E-state index in [4.69, 9.17) is 0 Å². The first-order valence-corrected chi connectivity index (χ1v) is 7.80. The van der Waals surface area contributed by atoms with Gasteiger partial charge in [0.1, 0.15) is 0 Å². The maximum Gasteiger partial charge on any atom is 0.228 e.